The maximum Gasteiger partial charge on any atom is 0.303 e. The highest BCUT2D eigenvalue weighted by Crippen LogP contribution is 2.21. The van der Waals surface area contributed by atoms with Gasteiger partial charge in [-0.2, -0.15) is 0 Å². The van der Waals surface area contributed by atoms with Crippen molar-refractivity contribution in [1.82, 2.24) is 0 Å². The van der Waals surface area contributed by atoms with Gasteiger partial charge in [-0.25, -0.2) is 0 Å². The van der Waals surface area contributed by atoms with E-state index in [0.29, 0.717) is 10.6 Å². The Labute approximate surface area is 104 Å². The molecule has 0 spiro atoms. The van der Waals surface area contributed by atoms with E-state index in [1.54, 1.807) is 24.3 Å². The van der Waals surface area contributed by atoms with Crippen LogP contribution >= 0.6 is 11.6 Å². The standard InChI is InChI=1S/C12H13ClO4/c1-8(14)16-7-12(17-9(2)15)10-4-3-5-11(13)6-10/h3-6,12H,7H2,1-2H3/t12-/m0/s1. The van der Waals surface area contributed by atoms with Gasteiger partial charge in [0.15, 0.2) is 6.10 Å². The summed E-state index contributed by atoms with van der Waals surface area (Å²) in [6.07, 6.45) is -0.630. The minimum atomic E-state index is -0.630. The molecule has 0 bridgehead atoms. The smallest absolute Gasteiger partial charge is 0.303 e. The fourth-order valence-corrected chi connectivity index (χ4v) is 1.50. The first-order valence-corrected chi connectivity index (χ1v) is 5.43. The lowest BCUT2D eigenvalue weighted by Gasteiger charge is -2.17. The number of halogens is 1. The summed E-state index contributed by atoms with van der Waals surface area (Å²) in [5.41, 5.74) is 0.689. The monoisotopic (exact) mass is 256 g/mol. The zero-order chi connectivity index (χ0) is 12.8. The predicted octanol–water partition coefficient (Wildman–Crippen LogP) is 2.51. The van der Waals surface area contributed by atoms with Crippen molar-refractivity contribution in [3.05, 3.63) is 34.9 Å². The molecule has 4 nitrogen and oxygen atoms in total. The molecule has 0 aliphatic rings. The lowest BCUT2D eigenvalue weighted by Crippen LogP contribution is -2.16. The van der Waals surface area contributed by atoms with E-state index in [-0.39, 0.29) is 6.61 Å². The first-order chi connectivity index (χ1) is 7.99. The zero-order valence-corrected chi connectivity index (χ0v) is 10.4. The first kappa shape index (κ1) is 13.5. The second-order valence-corrected chi connectivity index (χ2v) is 3.89. The summed E-state index contributed by atoms with van der Waals surface area (Å²) in [5.74, 6) is -0.869. The topological polar surface area (TPSA) is 52.6 Å². The van der Waals surface area contributed by atoms with Crippen LogP contribution in [0.15, 0.2) is 24.3 Å². The highest BCUT2D eigenvalue weighted by atomic mass is 35.5. The van der Waals surface area contributed by atoms with E-state index >= 15 is 0 Å². The average Bonchev–Trinajstić information content (AvgIpc) is 2.23. The third kappa shape index (κ3) is 4.87. The lowest BCUT2D eigenvalue weighted by atomic mass is 10.1. The number of benzene rings is 1. The Hall–Kier alpha value is -1.55. The molecule has 1 aromatic carbocycles. The number of rotatable bonds is 4. The maximum absolute atomic E-state index is 11.0. The summed E-state index contributed by atoms with van der Waals surface area (Å²) in [5, 5.41) is 0.530. The summed E-state index contributed by atoms with van der Waals surface area (Å²) in [7, 11) is 0. The van der Waals surface area contributed by atoms with Gasteiger partial charge in [0.05, 0.1) is 0 Å². The van der Waals surface area contributed by atoms with E-state index in [1.807, 2.05) is 0 Å². The Morgan fingerprint density at radius 2 is 2.00 bits per heavy atom. The SMILES string of the molecule is CC(=O)OC[C@H](OC(C)=O)c1cccc(Cl)c1. The van der Waals surface area contributed by atoms with Gasteiger partial charge in [-0.05, 0) is 17.7 Å². The summed E-state index contributed by atoms with van der Waals surface area (Å²) in [6.45, 7) is 2.57. The van der Waals surface area contributed by atoms with Crippen LogP contribution in [0, 0.1) is 0 Å². The molecule has 1 aromatic rings. The molecule has 5 heteroatoms. The number of ether oxygens (including phenoxy) is 2. The van der Waals surface area contributed by atoms with Crippen molar-refractivity contribution in [2.45, 2.75) is 20.0 Å². The Balaban J connectivity index is 2.81. The Morgan fingerprint density at radius 3 is 2.53 bits per heavy atom. The second-order valence-electron chi connectivity index (χ2n) is 3.46. The molecule has 92 valence electrons. The molecule has 0 heterocycles. The number of hydrogen-bond acceptors (Lipinski definition) is 4. The van der Waals surface area contributed by atoms with Crippen LogP contribution in [0.4, 0.5) is 0 Å². The van der Waals surface area contributed by atoms with Crippen LogP contribution in [0.25, 0.3) is 0 Å². The molecule has 0 unspecified atom stereocenters. The van der Waals surface area contributed by atoms with Gasteiger partial charge in [0, 0.05) is 18.9 Å². The molecule has 0 fully saturated rings. The first-order valence-electron chi connectivity index (χ1n) is 5.05. The van der Waals surface area contributed by atoms with Crippen molar-refractivity contribution in [3.8, 4) is 0 Å². The fourth-order valence-electron chi connectivity index (χ4n) is 1.30. The molecular weight excluding hydrogens is 244 g/mol. The molecule has 0 aliphatic carbocycles. The lowest BCUT2D eigenvalue weighted by molar-refractivity contribution is -0.156. The van der Waals surface area contributed by atoms with E-state index in [9.17, 15) is 9.59 Å². The van der Waals surface area contributed by atoms with Gasteiger partial charge in [0.2, 0.25) is 0 Å². The van der Waals surface area contributed by atoms with E-state index in [2.05, 4.69) is 0 Å². The molecule has 0 N–H and O–H groups in total. The van der Waals surface area contributed by atoms with Crippen molar-refractivity contribution < 1.29 is 19.1 Å². The van der Waals surface area contributed by atoms with Crippen LogP contribution in [0.1, 0.15) is 25.5 Å². The molecule has 0 aromatic heterocycles. The zero-order valence-electron chi connectivity index (χ0n) is 9.60. The largest absolute Gasteiger partial charge is 0.462 e. The molecule has 1 atom stereocenters. The van der Waals surface area contributed by atoms with Crippen LogP contribution in [-0.2, 0) is 19.1 Å². The van der Waals surface area contributed by atoms with Gasteiger partial charge < -0.3 is 9.47 Å². The molecular formula is C12H13ClO4. The molecule has 17 heavy (non-hydrogen) atoms. The minimum absolute atomic E-state index is 0.0186. The Bertz CT molecular complexity index is 417. The van der Waals surface area contributed by atoms with Crippen LogP contribution in [0.5, 0.6) is 0 Å². The van der Waals surface area contributed by atoms with Crippen molar-refractivity contribution in [3.63, 3.8) is 0 Å². The average molecular weight is 257 g/mol. The fraction of sp³-hybridized carbons (Fsp3) is 0.333. The number of carbonyl (C=O) groups is 2. The molecule has 0 aliphatic heterocycles. The molecule has 0 saturated heterocycles. The van der Waals surface area contributed by atoms with Crippen molar-refractivity contribution in [2.75, 3.05) is 6.61 Å². The summed E-state index contributed by atoms with van der Waals surface area (Å²) in [6, 6.07) is 6.87. The number of hydrogen-bond donors (Lipinski definition) is 0. The summed E-state index contributed by atoms with van der Waals surface area (Å²) < 4.78 is 9.91. The quantitative estimate of drug-likeness (QED) is 0.777. The number of carbonyl (C=O) groups excluding carboxylic acids is 2. The van der Waals surface area contributed by atoms with E-state index < -0.39 is 18.0 Å². The van der Waals surface area contributed by atoms with Gasteiger partial charge in [-0.1, -0.05) is 23.7 Å². The van der Waals surface area contributed by atoms with Crippen LogP contribution < -0.4 is 0 Å². The van der Waals surface area contributed by atoms with Crippen molar-refractivity contribution in [2.24, 2.45) is 0 Å². The second kappa shape index (κ2) is 6.25. The number of esters is 2. The Morgan fingerprint density at radius 1 is 1.29 bits per heavy atom. The van der Waals surface area contributed by atoms with Crippen molar-refractivity contribution >= 4 is 23.5 Å². The minimum Gasteiger partial charge on any atom is -0.462 e. The highest BCUT2D eigenvalue weighted by Gasteiger charge is 2.16. The summed E-state index contributed by atoms with van der Waals surface area (Å²) >= 11 is 5.84. The van der Waals surface area contributed by atoms with E-state index in [1.165, 1.54) is 13.8 Å². The third-order valence-corrected chi connectivity index (χ3v) is 2.20. The van der Waals surface area contributed by atoms with Crippen LogP contribution in [0.3, 0.4) is 0 Å². The van der Waals surface area contributed by atoms with E-state index in [0.717, 1.165) is 0 Å². The van der Waals surface area contributed by atoms with Crippen LogP contribution in [0.2, 0.25) is 5.02 Å². The van der Waals surface area contributed by atoms with E-state index in [4.69, 9.17) is 21.1 Å². The van der Waals surface area contributed by atoms with Crippen molar-refractivity contribution in [1.29, 1.82) is 0 Å². The van der Waals surface area contributed by atoms with Gasteiger partial charge in [-0.3, -0.25) is 9.59 Å². The maximum atomic E-state index is 11.0. The third-order valence-electron chi connectivity index (χ3n) is 1.97. The molecule has 0 radical (unpaired) electrons. The van der Waals surface area contributed by atoms with Gasteiger partial charge in [0.25, 0.3) is 0 Å². The van der Waals surface area contributed by atoms with Gasteiger partial charge in [0.1, 0.15) is 6.61 Å². The van der Waals surface area contributed by atoms with Gasteiger partial charge in [-0.15, -0.1) is 0 Å². The van der Waals surface area contributed by atoms with Crippen LogP contribution in [-0.4, -0.2) is 18.5 Å². The highest BCUT2D eigenvalue weighted by molar-refractivity contribution is 6.30. The predicted molar refractivity (Wildman–Crippen MR) is 62.6 cm³/mol. The Kier molecular flexibility index (Phi) is 4.97. The molecule has 0 saturated carbocycles. The molecule has 1 rings (SSSR count). The summed E-state index contributed by atoms with van der Waals surface area (Å²) in [4.78, 5) is 21.7. The normalized spacial score (nSPS) is 11.7. The van der Waals surface area contributed by atoms with Gasteiger partial charge >= 0.3 is 11.9 Å². The molecule has 0 amide bonds.